The van der Waals surface area contributed by atoms with Crippen molar-refractivity contribution >= 4 is 5.97 Å². The lowest BCUT2D eigenvalue weighted by Gasteiger charge is -1.97. The van der Waals surface area contributed by atoms with E-state index in [0.717, 1.165) is 11.3 Å². The summed E-state index contributed by atoms with van der Waals surface area (Å²) in [6, 6.07) is 7.39. The Balaban J connectivity index is 2.37. The molecule has 18 heavy (non-hydrogen) atoms. The smallest absolute Gasteiger partial charge is 0.333 e. The molecule has 0 fully saturated rings. The Labute approximate surface area is 106 Å². The second kappa shape index (κ2) is 7.80. The van der Waals surface area contributed by atoms with Crippen molar-refractivity contribution in [3.8, 4) is 17.6 Å². The third-order valence-corrected chi connectivity index (χ3v) is 1.98. The maximum absolute atomic E-state index is 10.7. The number of benzene rings is 1. The number of carbonyl (C=O) groups excluding carboxylic acids is 1. The summed E-state index contributed by atoms with van der Waals surface area (Å²) in [5.41, 5.74) is 0.872. The first-order chi connectivity index (χ1) is 8.76. The summed E-state index contributed by atoms with van der Waals surface area (Å²) < 4.78 is 14.4. The summed E-state index contributed by atoms with van der Waals surface area (Å²) in [6.07, 6.45) is 2.45. The van der Waals surface area contributed by atoms with E-state index < -0.39 is 5.97 Å². The van der Waals surface area contributed by atoms with Gasteiger partial charge in [-0.2, -0.15) is 0 Å². The number of hydrogen-bond acceptors (Lipinski definition) is 4. The van der Waals surface area contributed by atoms with Crippen LogP contribution in [0.4, 0.5) is 0 Å². The summed E-state index contributed by atoms with van der Waals surface area (Å²) in [6.45, 7) is 0.208. The average molecular weight is 246 g/mol. The zero-order valence-corrected chi connectivity index (χ0v) is 10.3. The Morgan fingerprint density at radius 3 is 2.61 bits per heavy atom. The van der Waals surface area contributed by atoms with Gasteiger partial charge in [0.2, 0.25) is 0 Å². The molecule has 0 unspecified atom stereocenters. The lowest BCUT2D eigenvalue weighted by molar-refractivity contribution is -0.134. The zero-order valence-electron chi connectivity index (χ0n) is 10.3. The fourth-order valence-corrected chi connectivity index (χ4v) is 1.07. The molecule has 0 saturated heterocycles. The molecule has 1 aromatic rings. The summed E-state index contributed by atoms with van der Waals surface area (Å²) in [4.78, 5) is 10.7. The highest BCUT2D eigenvalue weighted by atomic mass is 16.5. The van der Waals surface area contributed by atoms with Crippen LogP contribution in [0.15, 0.2) is 36.6 Å². The number of methoxy groups -OCH3 is 2. The van der Waals surface area contributed by atoms with Gasteiger partial charge in [0.25, 0.3) is 0 Å². The monoisotopic (exact) mass is 246 g/mol. The molecule has 1 aromatic carbocycles. The predicted molar refractivity (Wildman–Crippen MR) is 67.0 cm³/mol. The minimum atomic E-state index is -0.460. The maximum Gasteiger partial charge on any atom is 0.333 e. The Morgan fingerprint density at radius 2 is 2.00 bits per heavy atom. The highest BCUT2D eigenvalue weighted by molar-refractivity contribution is 5.81. The lowest BCUT2D eigenvalue weighted by Crippen LogP contribution is -1.94. The van der Waals surface area contributed by atoms with Crippen LogP contribution in [0.2, 0.25) is 0 Å². The van der Waals surface area contributed by atoms with Gasteiger partial charge in [0.15, 0.2) is 0 Å². The van der Waals surface area contributed by atoms with E-state index in [-0.39, 0.29) is 6.61 Å². The van der Waals surface area contributed by atoms with Crippen LogP contribution in [0, 0.1) is 11.8 Å². The van der Waals surface area contributed by atoms with E-state index in [0.29, 0.717) is 0 Å². The van der Waals surface area contributed by atoms with Crippen LogP contribution in [0.5, 0.6) is 5.75 Å². The summed E-state index contributed by atoms with van der Waals surface area (Å²) >= 11 is 0. The molecule has 1 rings (SSSR count). The molecule has 0 saturated carbocycles. The van der Waals surface area contributed by atoms with E-state index in [2.05, 4.69) is 16.6 Å². The third-order valence-electron chi connectivity index (χ3n) is 1.98. The molecular formula is C14H14O4. The molecule has 0 aliphatic carbocycles. The Kier molecular flexibility index (Phi) is 5.91. The molecule has 0 heterocycles. The van der Waals surface area contributed by atoms with Gasteiger partial charge < -0.3 is 14.2 Å². The molecule has 4 heteroatoms. The molecule has 0 radical (unpaired) electrons. The van der Waals surface area contributed by atoms with Crippen molar-refractivity contribution in [3.63, 3.8) is 0 Å². The predicted octanol–water partition coefficient (Wildman–Crippen LogP) is 1.75. The normalized spacial score (nSPS) is 9.44. The highest BCUT2D eigenvalue weighted by Gasteiger charge is 1.90. The molecule has 94 valence electrons. The van der Waals surface area contributed by atoms with Crippen LogP contribution in [0.3, 0.4) is 0 Å². The van der Waals surface area contributed by atoms with E-state index in [1.54, 1.807) is 7.11 Å². The number of ether oxygens (including phenoxy) is 3. The molecule has 0 aromatic heterocycles. The fraction of sp³-hybridized carbons (Fsp3) is 0.214. The van der Waals surface area contributed by atoms with Crippen molar-refractivity contribution < 1.29 is 19.0 Å². The summed E-state index contributed by atoms with van der Waals surface area (Å²) in [5, 5.41) is 0. The molecule has 4 nitrogen and oxygen atoms in total. The average Bonchev–Trinajstić information content (AvgIpc) is 2.43. The van der Waals surface area contributed by atoms with Crippen LogP contribution in [0.25, 0.3) is 0 Å². The van der Waals surface area contributed by atoms with Crippen LogP contribution in [-0.2, 0) is 14.3 Å². The molecular weight excluding hydrogens is 232 g/mol. The Morgan fingerprint density at radius 1 is 1.28 bits per heavy atom. The molecule has 0 aliphatic rings. The van der Waals surface area contributed by atoms with Crippen molar-refractivity contribution in [1.82, 2.24) is 0 Å². The van der Waals surface area contributed by atoms with E-state index >= 15 is 0 Å². The quantitative estimate of drug-likeness (QED) is 0.267. The first kappa shape index (κ1) is 13.7. The topological polar surface area (TPSA) is 44.8 Å². The standard InChI is InChI=1S/C14H14O4/c1-16-13-7-5-12(6-8-13)4-3-10-18-11-9-14(15)17-2/h5-9,11H,10H2,1-2H3/b11-9+. The van der Waals surface area contributed by atoms with E-state index in [1.165, 1.54) is 19.4 Å². The minimum absolute atomic E-state index is 0.208. The fourth-order valence-electron chi connectivity index (χ4n) is 1.07. The lowest BCUT2D eigenvalue weighted by atomic mass is 10.2. The van der Waals surface area contributed by atoms with Crippen molar-refractivity contribution in [2.24, 2.45) is 0 Å². The SMILES string of the molecule is COC(=O)/C=C/OCC#Cc1ccc(OC)cc1. The van der Waals surface area contributed by atoms with Gasteiger partial charge in [-0.3, -0.25) is 0 Å². The Bertz CT molecular complexity index is 463. The van der Waals surface area contributed by atoms with Crippen molar-refractivity contribution in [2.45, 2.75) is 0 Å². The third kappa shape index (κ3) is 5.08. The highest BCUT2D eigenvalue weighted by Crippen LogP contribution is 2.09. The molecule has 0 aliphatic heterocycles. The Hall–Kier alpha value is -2.41. The first-order valence-corrected chi connectivity index (χ1v) is 5.25. The maximum atomic E-state index is 10.7. The molecule has 0 atom stereocenters. The summed E-state index contributed by atoms with van der Waals surface area (Å²) in [5.74, 6) is 6.06. The van der Waals surface area contributed by atoms with Gasteiger partial charge in [-0.15, -0.1) is 0 Å². The van der Waals surface area contributed by atoms with Gasteiger partial charge in [-0.25, -0.2) is 4.79 Å². The van der Waals surface area contributed by atoms with Crippen molar-refractivity contribution in [3.05, 3.63) is 42.2 Å². The van der Waals surface area contributed by atoms with E-state index in [4.69, 9.17) is 9.47 Å². The second-order valence-corrected chi connectivity index (χ2v) is 3.17. The van der Waals surface area contributed by atoms with Crippen LogP contribution < -0.4 is 4.74 Å². The number of esters is 1. The van der Waals surface area contributed by atoms with Gasteiger partial charge in [-0.1, -0.05) is 11.8 Å². The molecule has 0 spiro atoms. The molecule has 0 bridgehead atoms. The molecule has 0 amide bonds. The molecule has 0 N–H and O–H groups in total. The van der Waals surface area contributed by atoms with Gasteiger partial charge in [0.1, 0.15) is 12.4 Å². The zero-order chi connectivity index (χ0) is 13.2. The van der Waals surface area contributed by atoms with Gasteiger partial charge in [0, 0.05) is 5.56 Å². The van der Waals surface area contributed by atoms with Crippen LogP contribution in [0.1, 0.15) is 5.56 Å². The van der Waals surface area contributed by atoms with E-state index in [1.807, 2.05) is 24.3 Å². The number of hydrogen-bond donors (Lipinski definition) is 0. The summed E-state index contributed by atoms with van der Waals surface area (Å²) in [7, 11) is 2.92. The van der Waals surface area contributed by atoms with E-state index in [9.17, 15) is 4.79 Å². The van der Waals surface area contributed by atoms with Crippen molar-refractivity contribution in [2.75, 3.05) is 20.8 Å². The van der Waals surface area contributed by atoms with Crippen LogP contribution >= 0.6 is 0 Å². The second-order valence-electron chi connectivity index (χ2n) is 3.17. The minimum Gasteiger partial charge on any atom is -0.497 e. The van der Waals surface area contributed by atoms with Gasteiger partial charge >= 0.3 is 5.97 Å². The van der Waals surface area contributed by atoms with Crippen molar-refractivity contribution in [1.29, 1.82) is 0 Å². The number of rotatable bonds is 4. The first-order valence-electron chi connectivity index (χ1n) is 5.25. The largest absolute Gasteiger partial charge is 0.497 e. The van der Waals surface area contributed by atoms with Gasteiger partial charge in [-0.05, 0) is 24.3 Å². The van der Waals surface area contributed by atoms with Gasteiger partial charge in [0.05, 0.1) is 26.6 Å². The van der Waals surface area contributed by atoms with Crippen LogP contribution in [-0.4, -0.2) is 26.8 Å². The number of carbonyl (C=O) groups is 1.